The molecule has 0 radical (unpaired) electrons. The van der Waals surface area contributed by atoms with E-state index in [9.17, 15) is 9.59 Å². The Kier molecular flexibility index (Phi) is 5.25. The lowest BCUT2D eigenvalue weighted by Gasteiger charge is -2.34. The van der Waals surface area contributed by atoms with Gasteiger partial charge in [0.2, 0.25) is 0 Å². The molecule has 0 N–H and O–H groups in total. The quantitative estimate of drug-likeness (QED) is 0.836. The second kappa shape index (κ2) is 7.59. The zero-order valence-electron chi connectivity index (χ0n) is 15.3. The van der Waals surface area contributed by atoms with Crippen molar-refractivity contribution in [3.8, 4) is 5.75 Å². The van der Waals surface area contributed by atoms with Gasteiger partial charge in [0.15, 0.2) is 12.3 Å². The van der Waals surface area contributed by atoms with Gasteiger partial charge in [0.05, 0.1) is 0 Å². The van der Waals surface area contributed by atoms with Crippen LogP contribution in [0.25, 0.3) is 0 Å². The normalized spacial score (nSPS) is 14.4. The SMILES string of the molecule is Cc1cc(C(=O)N2CCN(C(=O)COc3cccc(C)c3C)CC2)no1. The van der Waals surface area contributed by atoms with Gasteiger partial charge in [0, 0.05) is 32.2 Å². The van der Waals surface area contributed by atoms with Crippen LogP contribution in [0.15, 0.2) is 28.8 Å². The average molecular weight is 357 g/mol. The minimum Gasteiger partial charge on any atom is -0.483 e. The van der Waals surface area contributed by atoms with Crippen LogP contribution in [0.5, 0.6) is 5.75 Å². The van der Waals surface area contributed by atoms with Gasteiger partial charge in [-0.2, -0.15) is 0 Å². The van der Waals surface area contributed by atoms with Gasteiger partial charge in [-0.05, 0) is 38.0 Å². The standard InChI is InChI=1S/C19H23N3O4/c1-13-5-4-6-17(15(13)3)25-12-18(23)21-7-9-22(10-8-21)19(24)16-11-14(2)26-20-16/h4-6,11H,7-10,12H2,1-3H3. The lowest BCUT2D eigenvalue weighted by Crippen LogP contribution is -2.51. The molecule has 0 unspecified atom stereocenters. The minimum absolute atomic E-state index is 0.000715. The molecule has 26 heavy (non-hydrogen) atoms. The number of piperazine rings is 1. The lowest BCUT2D eigenvalue weighted by atomic mass is 10.1. The first-order chi connectivity index (χ1) is 12.5. The summed E-state index contributed by atoms with van der Waals surface area (Å²) < 4.78 is 10.6. The number of hydrogen-bond donors (Lipinski definition) is 0. The highest BCUT2D eigenvalue weighted by molar-refractivity contribution is 5.92. The fourth-order valence-electron chi connectivity index (χ4n) is 2.90. The molecular weight excluding hydrogens is 334 g/mol. The van der Waals surface area contributed by atoms with Gasteiger partial charge in [-0.3, -0.25) is 9.59 Å². The zero-order chi connectivity index (χ0) is 18.7. The number of benzene rings is 1. The monoisotopic (exact) mass is 357 g/mol. The van der Waals surface area contributed by atoms with E-state index in [-0.39, 0.29) is 18.4 Å². The summed E-state index contributed by atoms with van der Waals surface area (Å²) in [5, 5.41) is 3.76. The van der Waals surface area contributed by atoms with Crippen molar-refractivity contribution in [3.63, 3.8) is 0 Å². The molecule has 1 aromatic carbocycles. The predicted molar refractivity (Wildman–Crippen MR) is 95.1 cm³/mol. The highest BCUT2D eigenvalue weighted by Gasteiger charge is 2.26. The molecule has 0 spiro atoms. The maximum atomic E-state index is 12.4. The first-order valence-electron chi connectivity index (χ1n) is 8.65. The zero-order valence-corrected chi connectivity index (χ0v) is 15.3. The van der Waals surface area contributed by atoms with Gasteiger partial charge >= 0.3 is 0 Å². The number of carbonyl (C=O) groups excluding carboxylic acids is 2. The number of hydrogen-bond acceptors (Lipinski definition) is 5. The number of nitrogens with zero attached hydrogens (tertiary/aromatic N) is 3. The van der Waals surface area contributed by atoms with Crippen molar-refractivity contribution >= 4 is 11.8 Å². The third kappa shape index (κ3) is 3.87. The molecule has 0 atom stereocenters. The van der Waals surface area contributed by atoms with Crippen molar-refractivity contribution in [2.24, 2.45) is 0 Å². The van der Waals surface area contributed by atoms with Crippen molar-refractivity contribution in [2.45, 2.75) is 20.8 Å². The number of carbonyl (C=O) groups is 2. The van der Waals surface area contributed by atoms with Crippen molar-refractivity contribution in [3.05, 3.63) is 46.8 Å². The molecule has 2 aromatic rings. The van der Waals surface area contributed by atoms with Gasteiger partial charge in [-0.15, -0.1) is 0 Å². The van der Waals surface area contributed by atoms with Gasteiger partial charge in [0.25, 0.3) is 11.8 Å². The maximum absolute atomic E-state index is 12.4. The molecular formula is C19H23N3O4. The summed E-state index contributed by atoms with van der Waals surface area (Å²) in [6.45, 7) is 7.65. The van der Waals surface area contributed by atoms with E-state index in [4.69, 9.17) is 9.26 Å². The smallest absolute Gasteiger partial charge is 0.276 e. The summed E-state index contributed by atoms with van der Waals surface area (Å²) in [6.07, 6.45) is 0. The Morgan fingerprint density at radius 1 is 1.12 bits per heavy atom. The first kappa shape index (κ1) is 18.0. The Morgan fingerprint density at radius 3 is 2.46 bits per heavy atom. The van der Waals surface area contributed by atoms with E-state index >= 15 is 0 Å². The highest BCUT2D eigenvalue weighted by atomic mass is 16.5. The van der Waals surface area contributed by atoms with E-state index < -0.39 is 0 Å². The van der Waals surface area contributed by atoms with Gasteiger partial charge in [-0.1, -0.05) is 17.3 Å². The number of rotatable bonds is 4. The molecule has 7 nitrogen and oxygen atoms in total. The van der Waals surface area contributed by atoms with Crippen molar-refractivity contribution in [2.75, 3.05) is 32.8 Å². The van der Waals surface area contributed by atoms with Crippen LogP contribution in [0.3, 0.4) is 0 Å². The molecule has 0 aliphatic carbocycles. The van der Waals surface area contributed by atoms with Gasteiger partial charge in [0.1, 0.15) is 11.5 Å². The Bertz CT molecular complexity index is 807. The molecule has 1 aliphatic heterocycles. The lowest BCUT2D eigenvalue weighted by molar-refractivity contribution is -0.134. The van der Waals surface area contributed by atoms with Crippen molar-refractivity contribution in [1.82, 2.24) is 15.0 Å². The second-order valence-electron chi connectivity index (χ2n) is 6.48. The number of aryl methyl sites for hydroxylation is 2. The molecule has 1 aliphatic rings. The molecule has 0 bridgehead atoms. The van der Waals surface area contributed by atoms with E-state index in [1.54, 1.807) is 22.8 Å². The molecule has 0 saturated carbocycles. The molecule has 3 rings (SSSR count). The van der Waals surface area contributed by atoms with Crippen LogP contribution in [0, 0.1) is 20.8 Å². The second-order valence-corrected chi connectivity index (χ2v) is 6.48. The highest BCUT2D eigenvalue weighted by Crippen LogP contribution is 2.20. The topological polar surface area (TPSA) is 75.9 Å². The van der Waals surface area contributed by atoms with E-state index in [0.29, 0.717) is 37.6 Å². The van der Waals surface area contributed by atoms with Crippen LogP contribution in [-0.2, 0) is 4.79 Å². The fourth-order valence-corrected chi connectivity index (χ4v) is 2.90. The summed E-state index contributed by atoms with van der Waals surface area (Å²) >= 11 is 0. The van der Waals surface area contributed by atoms with Gasteiger partial charge in [-0.25, -0.2) is 0 Å². The van der Waals surface area contributed by atoms with Crippen molar-refractivity contribution < 1.29 is 18.8 Å². The Morgan fingerprint density at radius 2 is 1.81 bits per heavy atom. The molecule has 138 valence electrons. The largest absolute Gasteiger partial charge is 0.483 e. The van der Waals surface area contributed by atoms with Crippen LogP contribution in [0.2, 0.25) is 0 Å². The number of amides is 2. The molecule has 2 heterocycles. The minimum atomic E-state index is -0.166. The van der Waals surface area contributed by atoms with Crippen LogP contribution < -0.4 is 4.74 Å². The van der Waals surface area contributed by atoms with Crippen LogP contribution in [0.1, 0.15) is 27.4 Å². The number of ether oxygens (including phenoxy) is 1. The maximum Gasteiger partial charge on any atom is 0.276 e. The Hall–Kier alpha value is -2.83. The summed E-state index contributed by atoms with van der Waals surface area (Å²) in [7, 11) is 0. The molecule has 2 amide bonds. The molecule has 1 fully saturated rings. The Balaban J connectivity index is 1.50. The third-order valence-corrected chi connectivity index (χ3v) is 4.67. The van der Waals surface area contributed by atoms with Crippen LogP contribution >= 0.6 is 0 Å². The average Bonchev–Trinajstić information content (AvgIpc) is 3.08. The van der Waals surface area contributed by atoms with E-state index in [2.05, 4.69) is 5.16 Å². The summed E-state index contributed by atoms with van der Waals surface area (Å²) in [5.74, 6) is 1.09. The molecule has 1 saturated heterocycles. The molecule has 7 heteroatoms. The van der Waals surface area contributed by atoms with Crippen LogP contribution in [0.4, 0.5) is 0 Å². The predicted octanol–water partition coefficient (Wildman–Crippen LogP) is 1.96. The van der Waals surface area contributed by atoms with Gasteiger partial charge < -0.3 is 19.1 Å². The van der Waals surface area contributed by atoms with Crippen LogP contribution in [-0.4, -0.2) is 59.6 Å². The van der Waals surface area contributed by atoms with E-state index in [0.717, 1.165) is 16.9 Å². The van der Waals surface area contributed by atoms with E-state index in [1.165, 1.54) is 0 Å². The third-order valence-electron chi connectivity index (χ3n) is 4.67. The summed E-state index contributed by atoms with van der Waals surface area (Å²) in [4.78, 5) is 28.1. The summed E-state index contributed by atoms with van der Waals surface area (Å²) in [6, 6.07) is 7.42. The summed E-state index contributed by atoms with van der Waals surface area (Å²) in [5.41, 5.74) is 2.48. The van der Waals surface area contributed by atoms with E-state index in [1.807, 2.05) is 32.0 Å². The Labute approximate surface area is 152 Å². The first-order valence-corrected chi connectivity index (χ1v) is 8.65. The van der Waals surface area contributed by atoms with Crippen molar-refractivity contribution in [1.29, 1.82) is 0 Å². The molecule has 1 aromatic heterocycles. The fraction of sp³-hybridized carbons (Fsp3) is 0.421. The number of aromatic nitrogens is 1.